The van der Waals surface area contributed by atoms with E-state index in [9.17, 15) is 9.90 Å². The molecule has 0 aliphatic rings. The number of hydrogen-bond acceptors (Lipinski definition) is 4. The molecule has 0 bridgehead atoms. The average molecular weight is 286 g/mol. The molecule has 0 saturated carbocycles. The molecule has 0 radical (unpaired) electrons. The predicted octanol–water partition coefficient (Wildman–Crippen LogP) is 2.99. The Morgan fingerprint density at radius 1 is 1.47 bits per heavy atom. The summed E-state index contributed by atoms with van der Waals surface area (Å²) in [6.45, 7) is 6.00. The maximum absolute atomic E-state index is 11.2. The number of nitrogens with one attached hydrogen (secondary N) is 1. The Morgan fingerprint density at radius 3 is 2.68 bits per heavy atom. The third-order valence-corrected chi connectivity index (χ3v) is 2.75. The number of aromatic nitrogens is 2. The fourth-order valence-electron chi connectivity index (χ4n) is 1.79. The van der Waals surface area contributed by atoms with E-state index in [4.69, 9.17) is 11.6 Å². The van der Waals surface area contributed by atoms with E-state index in [0.29, 0.717) is 12.2 Å². The van der Waals surface area contributed by atoms with Gasteiger partial charge in [-0.15, -0.1) is 0 Å². The third kappa shape index (κ3) is 5.42. The lowest BCUT2D eigenvalue weighted by molar-refractivity contribution is -0.138. The van der Waals surface area contributed by atoms with E-state index in [-0.39, 0.29) is 11.2 Å². The zero-order valence-electron chi connectivity index (χ0n) is 11.5. The van der Waals surface area contributed by atoms with Gasteiger partial charge in [0.1, 0.15) is 11.9 Å². The molecule has 1 unspecified atom stereocenters. The first-order valence-corrected chi connectivity index (χ1v) is 6.83. The van der Waals surface area contributed by atoms with Crippen LogP contribution in [0.4, 0.5) is 5.82 Å². The number of halogens is 1. The van der Waals surface area contributed by atoms with Crippen LogP contribution in [-0.4, -0.2) is 27.1 Å². The van der Waals surface area contributed by atoms with E-state index in [2.05, 4.69) is 15.3 Å². The quantitative estimate of drug-likeness (QED) is 0.753. The highest BCUT2D eigenvalue weighted by atomic mass is 35.5. The zero-order valence-corrected chi connectivity index (χ0v) is 12.2. The molecule has 1 heterocycles. The third-order valence-electron chi connectivity index (χ3n) is 2.59. The molecule has 1 aromatic heterocycles. The van der Waals surface area contributed by atoms with Gasteiger partial charge in [-0.25, -0.2) is 14.8 Å². The maximum Gasteiger partial charge on any atom is 0.326 e. The molecule has 2 N–H and O–H groups in total. The van der Waals surface area contributed by atoms with Crippen LogP contribution in [0.3, 0.4) is 0 Å². The maximum atomic E-state index is 11.2. The van der Waals surface area contributed by atoms with Crippen molar-refractivity contribution in [3.8, 4) is 0 Å². The molecule has 0 aromatic carbocycles. The molecule has 5 nitrogen and oxygen atoms in total. The van der Waals surface area contributed by atoms with Crippen molar-refractivity contribution >= 4 is 23.4 Å². The number of hydrogen-bond donors (Lipinski definition) is 2. The molecular formula is C13H20ClN3O2. The highest BCUT2D eigenvalue weighted by molar-refractivity contribution is 6.28. The summed E-state index contributed by atoms with van der Waals surface area (Å²) in [5, 5.41) is 12.2. The second-order valence-electron chi connectivity index (χ2n) is 4.93. The van der Waals surface area contributed by atoms with Gasteiger partial charge in [-0.2, -0.15) is 0 Å². The van der Waals surface area contributed by atoms with Crippen LogP contribution in [0, 0.1) is 5.92 Å². The Bertz CT molecular complexity index is 438. The largest absolute Gasteiger partial charge is 0.480 e. The number of nitrogens with zero attached hydrogens (tertiary/aromatic N) is 2. The lowest BCUT2D eigenvalue weighted by Crippen LogP contribution is -2.31. The lowest BCUT2D eigenvalue weighted by atomic mass is 10.0. The molecule has 19 heavy (non-hydrogen) atoms. The van der Waals surface area contributed by atoms with Crippen LogP contribution in [0.1, 0.15) is 39.3 Å². The molecule has 0 aliphatic heterocycles. The molecule has 1 atom stereocenters. The summed E-state index contributed by atoms with van der Waals surface area (Å²) >= 11 is 5.84. The smallest absolute Gasteiger partial charge is 0.326 e. The normalized spacial score (nSPS) is 12.5. The molecular weight excluding hydrogens is 266 g/mol. The predicted molar refractivity (Wildman–Crippen MR) is 75.5 cm³/mol. The Morgan fingerprint density at radius 2 is 2.16 bits per heavy atom. The van der Waals surface area contributed by atoms with Gasteiger partial charge in [-0.05, 0) is 30.4 Å². The number of carbonyl (C=O) groups is 1. The van der Waals surface area contributed by atoms with Crippen molar-refractivity contribution in [1.29, 1.82) is 0 Å². The highest BCUT2D eigenvalue weighted by Gasteiger charge is 2.19. The molecule has 0 spiro atoms. The van der Waals surface area contributed by atoms with Crippen molar-refractivity contribution in [2.45, 2.75) is 46.1 Å². The standard InChI is InChI=1S/C13H20ClN3O2/c1-4-5-9-7-11(17-13(14)15-9)16-10(12(18)19)6-8(2)3/h7-8,10H,4-6H2,1-3H3,(H,18,19)(H,15,16,17). The van der Waals surface area contributed by atoms with Crippen molar-refractivity contribution in [2.75, 3.05) is 5.32 Å². The number of carboxylic acid groups (broad SMARTS) is 1. The minimum Gasteiger partial charge on any atom is -0.480 e. The SMILES string of the molecule is CCCc1cc(NC(CC(C)C)C(=O)O)nc(Cl)n1. The van der Waals surface area contributed by atoms with Crippen molar-refractivity contribution < 1.29 is 9.90 Å². The van der Waals surface area contributed by atoms with Gasteiger partial charge in [0.05, 0.1) is 0 Å². The van der Waals surface area contributed by atoms with Gasteiger partial charge < -0.3 is 10.4 Å². The summed E-state index contributed by atoms with van der Waals surface area (Å²) in [7, 11) is 0. The molecule has 0 amide bonds. The Balaban J connectivity index is 2.86. The van der Waals surface area contributed by atoms with E-state index in [1.165, 1.54) is 0 Å². The van der Waals surface area contributed by atoms with Gasteiger partial charge in [0.25, 0.3) is 0 Å². The van der Waals surface area contributed by atoms with Crippen molar-refractivity contribution in [3.05, 3.63) is 17.0 Å². The molecule has 0 saturated heterocycles. The van der Waals surface area contributed by atoms with Crippen LogP contribution in [-0.2, 0) is 11.2 Å². The molecule has 1 rings (SSSR count). The molecule has 0 fully saturated rings. The van der Waals surface area contributed by atoms with Gasteiger partial charge in [-0.1, -0.05) is 27.2 Å². The number of aliphatic carboxylic acids is 1. The summed E-state index contributed by atoms with van der Waals surface area (Å²) in [5.41, 5.74) is 0.818. The second-order valence-corrected chi connectivity index (χ2v) is 5.27. The molecule has 106 valence electrons. The van der Waals surface area contributed by atoms with Gasteiger partial charge in [0.2, 0.25) is 5.28 Å². The van der Waals surface area contributed by atoms with Crippen molar-refractivity contribution in [3.63, 3.8) is 0 Å². The van der Waals surface area contributed by atoms with Crippen LogP contribution < -0.4 is 5.32 Å². The van der Waals surface area contributed by atoms with Gasteiger partial charge in [-0.3, -0.25) is 0 Å². The number of carboxylic acids is 1. The summed E-state index contributed by atoms with van der Waals surface area (Å²) in [6, 6.07) is 1.09. The molecule has 0 aliphatic carbocycles. The topological polar surface area (TPSA) is 75.1 Å². The first-order chi connectivity index (χ1) is 8.92. The van der Waals surface area contributed by atoms with Crippen LogP contribution in [0.25, 0.3) is 0 Å². The second kappa shape index (κ2) is 7.28. The summed E-state index contributed by atoms with van der Waals surface area (Å²) in [4.78, 5) is 19.3. The summed E-state index contributed by atoms with van der Waals surface area (Å²) in [5.74, 6) is -0.141. The number of aryl methyl sites for hydroxylation is 1. The lowest BCUT2D eigenvalue weighted by Gasteiger charge is -2.17. The summed E-state index contributed by atoms with van der Waals surface area (Å²) < 4.78 is 0. The molecule has 6 heteroatoms. The van der Waals surface area contributed by atoms with Gasteiger partial charge in [0, 0.05) is 11.8 Å². The van der Waals surface area contributed by atoms with E-state index in [1.807, 2.05) is 20.8 Å². The van der Waals surface area contributed by atoms with Crippen LogP contribution in [0.2, 0.25) is 5.28 Å². The van der Waals surface area contributed by atoms with Crippen molar-refractivity contribution in [1.82, 2.24) is 9.97 Å². The number of rotatable bonds is 7. The average Bonchev–Trinajstić information content (AvgIpc) is 2.27. The van der Waals surface area contributed by atoms with E-state index >= 15 is 0 Å². The van der Waals surface area contributed by atoms with Crippen molar-refractivity contribution in [2.24, 2.45) is 5.92 Å². The van der Waals surface area contributed by atoms with Gasteiger partial charge >= 0.3 is 5.97 Å². The van der Waals surface area contributed by atoms with Crippen LogP contribution in [0.5, 0.6) is 0 Å². The van der Waals surface area contributed by atoms with E-state index < -0.39 is 12.0 Å². The van der Waals surface area contributed by atoms with E-state index in [1.54, 1.807) is 6.07 Å². The minimum absolute atomic E-state index is 0.141. The minimum atomic E-state index is -0.888. The van der Waals surface area contributed by atoms with Crippen LogP contribution >= 0.6 is 11.6 Å². The fourth-order valence-corrected chi connectivity index (χ4v) is 1.99. The van der Waals surface area contributed by atoms with Crippen LogP contribution in [0.15, 0.2) is 6.07 Å². The highest BCUT2D eigenvalue weighted by Crippen LogP contribution is 2.15. The summed E-state index contributed by atoms with van der Waals surface area (Å²) in [6.07, 6.45) is 2.26. The fraction of sp³-hybridized carbons (Fsp3) is 0.615. The molecule has 1 aromatic rings. The monoisotopic (exact) mass is 285 g/mol. The first-order valence-electron chi connectivity index (χ1n) is 6.45. The Hall–Kier alpha value is -1.36. The van der Waals surface area contributed by atoms with Gasteiger partial charge in [0.15, 0.2) is 0 Å². The zero-order chi connectivity index (χ0) is 14.4. The Labute approximate surface area is 118 Å². The first kappa shape index (κ1) is 15.7. The van der Waals surface area contributed by atoms with E-state index in [0.717, 1.165) is 18.5 Å². The number of anilines is 1. The Kier molecular flexibility index (Phi) is 6.02.